The van der Waals surface area contributed by atoms with E-state index in [9.17, 15) is 5.11 Å². The molecule has 1 fully saturated rings. The van der Waals surface area contributed by atoms with Crippen LogP contribution in [0.1, 0.15) is 32.3 Å². The van der Waals surface area contributed by atoms with Crippen molar-refractivity contribution in [1.82, 2.24) is 0 Å². The number of benzene rings is 1. The second kappa shape index (κ2) is 3.28. The molecule has 0 atom stereocenters. The second-order valence-electron chi connectivity index (χ2n) is 4.40. The molecule has 0 unspecified atom stereocenters. The first kappa shape index (κ1) is 9.53. The molecule has 0 saturated heterocycles. The molecular weight excluding hydrogens is 176 g/mol. The predicted molar refractivity (Wildman–Crippen MR) is 55.3 cm³/mol. The van der Waals surface area contributed by atoms with Crippen LogP contribution in [0.15, 0.2) is 24.3 Å². The van der Waals surface area contributed by atoms with E-state index in [4.69, 9.17) is 4.74 Å². The summed E-state index contributed by atoms with van der Waals surface area (Å²) in [4.78, 5) is 0. The molecule has 2 nitrogen and oxygen atoms in total. The van der Waals surface area contributed by atoms with Crippen LogP contribution in [0.25, 0.3) is 0 Å². The summed E-state index contributed by atoms with van der Waals surface area (Å²) in [5.41, 5.74) is 0.152. The lowest BCUT2D eigenvalue weighted by molar-refractivity contribution is 0.0785. The molecule has 14 heavy (non-hydrogen) atoms. The molecule has 1 saturated carbocycles. The van der Waals surface area contributed by atoms with Gasteiger partial charge in [0.05, 0.1) is 11.7 Å². The lowest BCUT2D eigenvalue weighted by Gasteiger charge is -2.17. The van der Waals surface area contributed by atoms with Crippen molar-refractivity contribution >= 4 is 0 Å². The van der Waals surface area contributed by atoms with Crippen LogP contribution in [0.5, 0.6) is 5.75 Å². The Morgan fingerprint density at radius 2 is 1.79 bits per heavy atom. The molecule has 1 aromatic rings. The van der Waals surface area contributed by atoms with Gasteiger partial charge in [-0.15, -0.1) is 0 Å². The van der Waals surface area contributed by atoms with Crippen LogP contribution in [0.3, 0.4) is 0 Å². The van der Waals surface area contributed by atoms with Gasteiger partial charge in [-0.05, 0) is 44.4 Å². The molecule has 0 amide bonds. The minimum atomic E-state index is -0.766. The molecule has 0 spiro atoms. The molecule has 0 radical (unpaired) electrons. The first-order valence-corrected chi connectivity index (χ1v) is 5.05. The van der Waals surface area contributed by atoms with Gasteiger partial charge in [-0.1, -0.05) is 12.1 Å². The van der Waals surface area contributed by atoms with Crippen molar-refractivity contribution in [2.75, 3.05) is 0 Å². The highest BCUT2D eigenvalue weighted by Gasteiger charge is 2.23. The van der Waals surface area contributed by atoms with Crippen LogP contribution in [0.4, 0.5) is 0 Å². The van der Waals surface area contributed by atoms with Crippen LogP contribution in [-0.2, 0) is 5.60 Å². The largest absolute Gasteiger partial charge is 0.490 e. The number of aliphatic hydroxyl groups is 1. The van der Waals surface area contributed by atoms with Crippen LogP contribution in [0, 0.1) is 0 Å². The Balaban J connectivity index is 2.08. The van der Waals surface area contributed by atoms with Crippen LogP contribution in [0.2, 0.25) is 0 Å². The summed E-state index contributed by atoms with van der Waals surface area (Å²) in [5.74, 6) is 0.903. The third-order valence-corrected chi connectivity index (χ3v) is 2.39. The monoisotopic (exact) mass is 192 g/mol. The summed E-state index contributed by atoms with van der Waals surface area (Å²) in [6, 6.07) is 7.67. The Labute approximate surface area is 84.5 Å². The van der Waals surface area contributed by atoms with Gasteiger partial charge in [-0.25, -0.2) is 0 Å². The van der Waals surface area contributed by atoms with Gasteiger partial charge in [-0.2, -0.15) is 0 Å². The van der Waals surface area contributed by atoms with Gasteiger partial charge in [-0.3, -0.25) is 0 Å². The zero-order valence-corrected chi connectivity index (χ0v) is 8.66. The summed E-state index contributed by atoms with van der Waals surface area (Å²) < 4.78 is 5.61. The maximum atomic E-state index is 9.73. The van der Waals surface area contributed by atoms with Gasteiger partial charge < -0.3 is 9.84 Å². The SMILES string of the molecule is CC(C)(O)c1ccc(OC2CC2)cc1. The van der Waals surface area contributed by atoms with Gasteiger partial charge in [0.2, 0.25) is 0 Å². The number of ether oxygens (including phenoxy) is 1. The molecule has 0 aliphatic heterocycles. The van der Waals surface area contributed by atoms with Crippen molar-refractivity contribution in [1.29, 1.82) is 0 Å². The Kier molecular flexibility index (Phi) is 2.23. The van der Waals surface area contributed by atoms with E-state index in [1.54, 1.807) is 13.8 Å². The molecule has 1 aromatic carbocycles. The highest BCUT2D eigenvalue weighted by molar-refractivity contribution is 5.30. The van der Waals surface area contributed by atoms with E-state index in [0.29, 0.717) is 6.10 Å². The van der Waals surface area contributed by atoms with Crippen molar-refractivity contribution in [3.63, 3.8) is 0 Å². The Bertz CT molecular complexity index is 304. The average molecular weight is 192 g/mol. The lowest BCUT2D eigenvalue weighted by Crippen LogP contribution is -2.15. The summed E-state index contributed by atoms with van der Waals surface area (Å²) in [6.07, 6.45) is 2.78. The number of hydrogen-bond donors (Lipinski definition) is 1. The van der Waals surface area contributed by atoms with Crippen molar-refractivity contribution in [3.8, 4) is 5.75 Å². The van der Waals surface area contributed by atoms with E-state index in [0.717, 1.165) is 11.3 Å². The highest BCUT2D eigenvalue weighted by atomic mass is 16.5. The molecule has 2 heteroatoms. The van der Waals surface area contributed by atoms with E-state index in [1.165, 1.54) is 12.8 Å². The maximum absolute atomic E-state index is 9.73. The van der Waals surface area contributed by atoms with Crippen LogP contribution in [-0.4, -0.2) is 11.2 Å². The molecule has 1 aliphatic carbocycles. The van der Waals surface area contributed by atoms with Gasteiger partial charge >= 0.3 is 0 Å². The third-order valence-electron chi connectivity index (χ3n) is 2.39. The predicted octanol–water partition coefficient (Wildman–Crippen LogP) is 2.46. The minimum absolute atomic E-state index is 0.433. The molecule has 0 aromatic heterocycles. The summed E-state index contributed by atoms with van der Waals surface area (Å²) >= 11 is 0. The van der Waals surface area contributed by atoms with Gasteiger partial charge in [0.25, 0.3) is 0 Å². The molecular formula is C12H16O2. The fourth-order valence-corrected chi connectivity index (χ4v) is 1.32. The second-order valence-corrected chi connectivity index (χ2v) is 4.40. The highest BCUT2D eigenvalue weighted by Crippen LogP contribution is 2.28. The van der Waals surface area contributed by atoms with Crippen molar-refractivity contribution in [2.45, 2.75) is 38.4 Å². The molecule has 1 aliphatic rings. The summed E-state index contributed by atoms with van der Waals surface area (Å²) in [6.45, 7) is 3.56. The first-order valence-electron chi connectivity index (χ1n) is 5.05. The van der Waals surface area contributed by atoms with Gasteiger partial charge in [0.1, 0.15) is 5.75 Å². The van der Waals surface area contributed by atoms with Crippen molar-refractivity contribution in [3.05, 3.63) is 29.8 Å². The van der Waals surface area contributed by atoms with Crippen molar-refractivity contribution < 1.29 is 9.84 Å². The van der Waals surface area contributed by atoms with E-state index in [2.05, 4.69) is 0 Å². The number of rotatable bonds is 3. The normalized spacial score (nSPS) is 16.8. The molecule has 76 valence electrons. The molecule has 0 heterocycles. The topological polar surface area (TPSA) is 29.5 Å². The summed E-state index contributed by atoms with van der Waals surface area (Å²) in [7, 11) is 0. The zero-order valence-electron chi connectivity index (χ0n) is 8.66. The van der Waals surface area contributed by atoms with Gasteiger partial charge in [0.15, 0.2) is 0 Å². The quantitative estimate of drug-likeness (QED) is 0.797. The fraction of sp³-hybridized carbons (Fsp3) is 0.500. The lowest BCUT2D eigenvalue weighted by atomic mass is 9.99. The molecule has 0 bridgehead atoms. The molecule has 2 rings (SSSR count). The minimum Gasteiger partial charge on any atom is -0.490 e. The van der Waals surface area contributed by atoms with E-state index in [1.807, 2.05) is 24.3 Å². The molecule has 1 N–H and O–H groups in total. The smallest absolute Gasteiger partial charge is 0.119 e. The Hall–Kier alpha value is -1.02. The first-order chi connectivity index (χ1) is 6.55. The van der Waals surface area contributed by atoms with E-state index in [-0.39, 0.29) is 0 Å². The Morgan fingerprint density at radius 1 is 1.21 bits per heavy atom. The van der Waals surface area contributed by atoms with E-state index >= 15 is 0 Å². The Morgan fingerprint density at radius 3 is 2.21 bits per heavy atom. The third kappa shape index (κ3) is 2.26. The zero-order chi connectivity index (χ0) is 10.2. The van der Waals surface area contributed by atoms with Crippen molar-refractivity contribution in [2.24, 2.45) is 0 Å². The number of hydrogen-bond acceptors (Lipinski definition) is 2. The van der Waals surface area contributed by atoms with Crippen LogP contribution >= 0.6 is 0 Å². The van der Waals surface area contributed by atoms with Gasteiger partial charge in [0, 0.05) is 0 Å². The summed E-state index contributed by atoms with van der Waals surface area (Å²) in [5, 5.41) is 9.73. The van der Waals surface area contributed by atoms with E-state index < -0.39 is 5.60 Å². The average Bonchev–Trinajstić information content (AvgIpc) is 2.88. The standard InChI is InChI=1S/C12H16O2/c1-12(2,13)9-3-5-10(6-4-9)14-11-7-8-11/h3-6,11,13H,7-8H2,1-2H3. The fourth-order valence-electron chi connectivity index (χ4n) is 1.32. The maximum Gasteiger partial charge on any atom is 0.119 e. The van der Waals surface area contributed by atoms with Crippen LogP contribution < -0.4 is 4.74 Å².